The SMILES string of the molecule is CC[N-]C.CC[N-]C.CC[N-]C.CC[N-]C.[Ti].[Ti].[Ti].[Ti]. The second kappa shape index (κ2) is 81.2. The van der Waals surface area contributed by atoms with Crippen LogP contribution in [0.5, 0.6) is 0 Å². The van der Waals surface area contributed by atoms with Gasteiger partial charge in [0.25, 0.3) is 0 Å². The van der Waals surface area contributed by atoms with Crippen molar-refractivity contribution in [3.05, 3.63) is 21.3 Å². The Hall–Kier alpha value is 2.70. The fourth-order valence-electron chi connectivity index (χ4n) is 0. The number of rotatable bonds is 4. The van der Waals surface area contributed by atoms with E-state index in [4.69, 9.17) is 0 Å². The monoisotopic (exact) mass is 424 g/mol. The average molecular weight is 424 g/mol. The summed E-state index contributed by atoms with van der Waals surface area (Å²) in [6, 6.07) is 0. The predicted octanol–water partition coefficient (Wildman–Crippen LogP) is 4.03. The molecule has 0 N–H and O–H groups in total. The smallest absolute Gasteiger partial charge is 0 e. The van der Waals surface area contributed by atoms with Crippen LogP contribution in [0.25, 0.3) is 21.3 Å². The third kappa shape index (κ3) is 179. The molecular weight excluding hydrogens is 392 g/mol. The molecule has 0 aliphatic heterocycles. The Kier molecular flexibility index (Phi) is 201. The van der Waals surface area contributed by atoms with Gasteiger partial charge in [-0.25, -0.2) is 0 Å². The Morgan fingerprint density at radius 1 is 0.400 bits per heavy atom. The zero-order valence-electron chi connectivity index (χ0n) is 14.6. The molecule has 0 bridgehead atoms. The van der Waals surface area contributed by atoms with E-state index >= 15 is 0 Å². The Bertz CT molecular complexity index is 51.4. The summed E-state index contributed by atoms with van der Waals surface area (Å²) in [4.78, 5) is 0. The van der Waals surface area contributed by atoms with Gasteiger partial charge in [-0.1, -0.05) is 27.7 Å². The first-order valence-electron chi connectivity index (χ1n) is 5.88. The number of nitrogens with zero attached hydrogens (tertiary/aromatic N) is 4. The third-order valence-electron chi connectivity index (χ3n) is 1.26. The molecule has 0 heterocycles. The standard InChI is InChI=1S/4C3H8N.4Ti/c4*1-3-4-2;;;;/h4*3H2,1-2H3;;;;/q4*-1;;;;. The summed E-state index contributed by atoms with van der Waals surface area (Å²) in [7, 11) is 7.22. The summed E-state index contributed by atoms with van der Waals surface area (Å²) >= 11 is 0. The number of hydrogen-bond donors (Lipinski definition) is 0. The van der Waals surface area contributed by atoms with Gasteiger partial charge in [0.15, 0.2) is 0 Å². The molecule has 0 aromatic carbocycles. The fraction of sp³-hybridized carbons (Fsp3) is 1.00. The first kappa shape index (κ1) is 49.5. The van der Waals surface area contributed by atoms with Crippen LogP contribution >= 0.6 is 0 Å². The van der Waals surface area contributed by atoms with Crippen LogP contribution in [-0.2, 0) is 86.9 Å². The maximum absolute atomic E-state index is 3.74. The molecule has 0 spiro atoms. The fourth-order valence-corrected chi connectivity index (χ4v) is 0. The molecule has 0 aromatic heterocycles. The van der Waals surface area contributed by atoms with Crippen LogP contribution in [0.1, 0.15) is 27.7 Å². The summed E-state index contributed by atoms with van der Waals surface area (Å²) < 4.78 is 0. The van der Waals surface area contributed by atoms with Gasteiger partial charge in [-0.05, 0) is 0 Å². The minimum absolute atomic E-state index is 0. The van der Waals surface area contributed by atoms with Gasteiger partial charge in [-0.3, -0.25) is 0 Å². The van der Waals surface area contributed by atoms with E-state index in [0.717, 1.165) is 26.2 Å². The van der Waals surface area contributed by atoms with Crippen LogP contribution < -0.4 is 0 Å². The van der Waals surface area contributed by atoms with Crippen molar-refractivity contribution in [3.63, 3.8) is 0 Å². The summed E-state index contributed by atoms with van der Waals surface area (Å²) in [5, 5.41) is 14.9. The maximum Gasteiger partial charge on any atom is 0 e. The summed E-state index contributed by atoms with van der Waals surface area (Å²) in [5.41, 5.74) is 0. The summed E-state index contributed by atoms with van der Waals surface area (Å²) in [6.07, 6.45) is 0. The van der Waals surface area contributed by atoms with Crippen LogP contribution in [0.2, 0.25) is 0 Å². The topological polar surface area (TPSA) is 56.4 Å². The van der Waals surface area contributed by atoms with E-state index in [1.54, 1.807) is 28.2 Å². The van der Waals surface area contributed by atoms with E-state index in [0.29, 0.717) is 0 Å². The van der Waals surface area contributed by atoms with Crippen LogP contribution in [0.3, 0.4) is 0 Å². The van der Waals surface area contributed by atoms with Crippen molar-refractivity contribution in [2.45, 2.75) is 27.7 Å². The van der Waals surface area contributed by atoms with Crippen molar-refractivity contribution in [1.82, 2.24) is 0 Å². The van der Waals surface area contributed by atoms with Gasteiger partial charge in [-0.15, -0.1) is 0 Å². The van der Waals surface area contributed by atoms with Crippen molar-refractivity contribution in [2.75, 3.05) is 54.4 Å². The molecule has 0 saturated heterocycles. The van der Waals surface area contributed by atoms with Crippen molar-refractivity contribution < 1.29 is 86.9 Å². The molecule has 0 aromatic rings. The van der Waals surface area contributed by atoms with Crippen LogP contribution in [0.15, 0.2) is 0 Å². The molecular formula is C12H32N4Ti4-4. The molecule has 0 aliphatic rings. The molecule has 0 amide bonds. The van der Waals surface area contributed by atoms with Gasteiger partial charge in [0.2, 0.25) is 0 Å². The van der Waals surface area contributed by atoms with E-state index in [1.807, 2.05) is 27.7 Å². The quantitative estimate of drug-likeness (QED) is 0.613. The zero-order valence-corrected chi connectivity index (χ0v) is 20.9. The summed E-state index contributed by atoms with van der Waals surface area (Å²) in [5.74, 6) is 0. The molecule has 8 heteroatoms. The second-order valence-electron chi connectivity index (χ2n) is 2.53. The van der Waals surface area contributed by atoms with E-state index in [1.165, 1.54) is 0 Å². The van der Waals surface area contributed by atoms with Gasteiger partial charge >= 0.3 is 0 Å². The van der Waals surface area contributed by atoms with Gasteiger partial charge in [0.1, 0.15) is 0 Å². The van der Waals surface area contributed by atoms with E-state index < -0.39 is 0 Å². The maximum atomic E-state index is 3.74. The van der Waals surface area contributed by atoms with Crippen LogP contribution in [0.4, 0.5) is 0 Å². The minimum Gasteiger partial charge on any atom is -0.665 e. The Morgan fingerprint density at radius 2 is 0.450 bits per heavy atom. The number of hydrogen-bond acceptors (Lipinski definition) is 0. The molecule has 0 radical (unpaired) electrons. The van der Waals surface area contributed by atoms with Crippen molar-refractivity contribution in [2.24, 2.45) is 0 Å². The molecule has 0 fully saturated rings. The molecule has 0 aliphatic carbocycles. The molecule has 0 rings (SSSR count). The van der Waals surface area contributed by atoms with Crippen molar-refractivity contribution >= 4 is 0 Å². The van der Waals surface area contributed by atoms with E-state index in [9.17, 15) is 0 Å². The van der Waals surface area contributed by atoms with Crippen LogP contribution in [-0.4, -0.2) is 54.4 Å². The first-order valence-corrected chi connectivity index (χ1v) is 5.88. The van der Waals surface area contributed by atoms with E-state index in [-0.39, 0.29) is 86.9 Å². The molecule has 0 saturated carbocycles. The Morgan fingerprint density at radius 3 is 0.450 bits per heavy atom. The van der Waals surface area contributed by atoms with Crippen molar-refractivity contribution in [1.29, 1.82) is 0 Å². The van der Waals surface area contributed by atoms with Crippen molar-refractivity contribution in [3.8, 4) is 0 Å². The van der Waals surface area contributed by atoms with Crippen LogP contribution in [0, 0.1) is 0 Å². The normalized spacial score (nSPS) is 6.00. The van der Waals surface area contributed by atoms with Gasteiger partial charge < -0.3 is 21.3 Å². The largest absolute Gasteiger partial charge is 0.665 e. The second-order valence-corrected chi connectivity index (χ2v) is 2.53. The molecule has 120 valence electrons. The van der Waals surface area contributed by atoms with Gasteiger partial charge in [0, 0.05) is 86.9 Å². The summed E-state index contributed by atoms with van der Waals surface area (Å²) in [6.45, 7) is 11.8. The molecule has 4 nitrogen and oxygen atoms in total. The molecule has 0 atom stereocenters. The Balaban J connectivity index is -0.0000000150. The third-order valence-corrected chi connectivity index (χ3v) is 1.26. The molecule has 20 heavy (non-hydrogen) atoms. The van der Waals surface area contributed by atoms with Gasteiger partial charge in [0.05, 0.1) is 0 Å². The zero-order chi connectivity index (χ0) is 13.7. The first-order chi connectivity index (χ1) is 7.66. The molecule has 0 unspecified atom stereocenters. The van der Waals surface area contributed by atoms with E-state index in [2.05, 4.69) is 21.3 Å². The van der Waals surface area contributed by atoms with Gasteiger partial charge in [-0.2, -0.15) is 54.4 Å². The Labute approximate surface area is 188 Å². The predicted molar refractivity (Wildman–Crippen MR) is 79.3 cm³/mol. The minimum atomic E-state index is 0. The average Bonchev–Trinajstić information content (AvgIpc) is 2.39.